The number of aliphatic imine (C=N–C) groups is 1. The zero-order valence-corrected chi connectivity index (χ0v) is 13.0. The first-order valence-corrected chi connectivity index (χ1v) is 7.21. The van der Waals surface area contributed by atoms with Gasteiger partial charge >= 0.3 is 0 Å². The van der Waals surface area contributed by atoms with Gasteiger partial charge in [0, 0.05) is 18.8 Å². The van der Waals surface area contributed by atoms with Crippen LogP contribution in [0.5, 0.6) is 5.75 Å². The summed E-state index contributed by atoms with van der Waals surface area (Å²) in [5.74, 6) is 0.732. The molecule has 5 heteroatoms. The van der Waals surface area contributed by atoms with Gasteiger partial charge in [-0.3, -0.25) is 14.9 Å². The van der Waals surface area contributed by atoms with Crippen molar-refractivity contribution < 1.29 is 4.74 Å². The SMILES string of the molecule is CN=Cc1c(-c2cccc(OC)c2)[nH]n(-c2ccccc2)c1=O. The van der Waals surface area contributed by atoms with Crippen molar-refractivity contribution in [3.8, 4) is 22.7 Å². The highest BCUT2D eigenvalue weighted by Gasteiger charge is 2.15. The van der Waals surface area contributed by atoms with Crippen molar-refractivity contribution in [2.24, 2.45) is 4.99 Å². The van der Waals surface area contributed by atoms with Crippen LogP contribution in [0.4, 0.5) is 0 Å². The van der Waals surface area contributed by atoms with Crippen LogP contribution in [-0.4, -0.2) is 30.2 Å². The van der Waals surface area contributed by atoms with Crippen molar-refractivity contribution in [3.05, 3.63) is 70.5 Å². The molecule has 3 rings (SSSR count). The fraction of sp³-hybridized carbons (Fsp3) is 0.111. The van der Waals surface area contributed by atoms with E-state index in [2.05, 4.69) is 10.1 Å². The molecule has 0 saturated carbocycles. The van der Waals surface area contributed by atoms with Gasteiger partial charge in [0.25, 0.3) is 5.56 Å². The van der Waals surface area contributed by atoms with Crippen molar-refractivity contribution in [1.82, 2.24) is 9.78 Å². The van der Waals surface area contributed by atoms with E-state index in [1.807, 2.05) is 54.6 Å². The maximum absolute atomic E-state index is 12.7. The maximum atomic E-state index is 12.7. The summed E-state index contributed by atoms with van der Waals surface area (Å²) >= 11 is 0. The molecule has 3 aromatic rings. The number of ether oxygens (including phenoxy) is 1. The van der Waals surface area contributed by atoms with E-state index in [9.17, 15) is 4.79 Å². The van der Waals surface area contributed by atoms with E-state index in [0.29, 0.717) is 11.3 Å². The third kappa shape index (κ3) is 2.81. The number of aromatic amines is 1. The molecule has 5 nitrogen and oxygen atoms in total. The van der Waals surface area contributed by atoms with E-state index < -0.39 is 0 Å². The molecule has 0 bridgehead atoms. The van der Waals surface area contributed by atoms with Gasteiger partial charge in [0.05, 0.1) is 24.1 Å². The Kier molecular flexibility index (Phi) is 4.10. The van der Waals surface area contributed by atoms with Crippen LogP contribution in [0.2, 0.25) is 0 Å². The average Bonchev–Trinajstić information content (AvgIpc) is 2.93. The lowest BCUT2D eigenvalue weighted by Crippen LogP contribution is -2.17. The van der Waals surface area contributed by atoms with Crippen LogP contribution in [0, 0.1) is 0 Å². The van der Waals surface area contributed by atoms with Crippen molar-refractivity contribution in [2.45, 2.75) is 0 Å². The number of nitrogens with one attached hydrogen (secondary N) is 1. The summed E-state index contributed by atoms with van der Waals surface area (Å²) in [6.07, 6.45) is 1.58. The molecule has 1 N–H and O–H groups in total. The molecule has 1 heterocycles. The van der Waals surface area contributed by atoms with Crippen LogP contribution >= 0.6 is 0 Å². The molecular formula is C18H17N3O2. The van der Waals surface area contributed by atoms with Crippen LogP contribution in [-0.2, 0) is 0 Å². The van der Waals surface area contributed by atoms with E-state index >= 15 is 0 Å². The highest BCUT2D eigenvalue weighted by Crippen LogP contribution is 2.24. The van der Waals surface area contributed by atoms with Gasteiger partial charge in [-0.05, 0) is 24.3 Å². The topological polar surface area (TPSA) is 59.4 Å². The minimum Gasteiger partial charge on any atom is -0.497 e. The third-order valence-corrected chi connectivity index (χ3v) is 3.56. The molecule has 0 fully saturated rings. The zero-order chi connectivity index (χ0) is 16.2. The van der Waals surface area contributed by atoms with Gasteiger partial charge in [-0.25, -0.2) is 4.68 Å². The van der Waals surface area contributed by atoms with Crippen molar-refractivity contribution in [1.29, 1.82) is 0 Å². The molecule has 0 atom stereocenters. The van der Waals surface area contributed by atoms with Gasteiger partial charge in [0.15, 0.2) is 0 Å². The number of H-pyrrole nitrogens is 1. The van der Waals surface area contributed by atoms with Crippen molar-refractivity contribution in [2.75, 3.05) is 14.2 Å². The molecular weight excluding hydrogens is 290 g/mol. The standard InChI is InChI=1S/C18H17N3O2/c1-19-12-16-17(13-7-6-10-15(11-13)23-2)20-21(18(16)22)14-8-4-3-5-9-14/h3-12,20H,1-2H3. The molecule has 0 spiro atoms. The smallest absolute Gasteiger partial charge is 0.280 e. The van der Waals surface area contributed by atoms with Gasteiger partial charge < -0.3 is 4.74 Å². The third-order valence-electron chi connectivity index (χ3n) is 3.56. The number of hydrogen-bond donors (Lipinski definition) is 1. The molecule has 0 aliphatic carbocycles. The molecule has 0 radical (unpaired) electrons. The minimum atomic E-state index is -0.139. The monoisotopic (exact) mass is 307 g/mol. The lowest BCUT2D eigenvalue weighted by atomic mass is 10.1. The molecule has 0 saturated heterocycles. The Bertz CT molecular complexity index is 892. The summed E-state index contributed by atoms with van der Waals surface area (Å²) in [6.45, 7) is 0. The number of aromatic nitrogens is 2. The van der Waals surface area contributed by atoms with Gasteiger partial charge in [-0.1, -0.05) is 30.3 Å². The summed E-state index contributed by atoms with van der Waals surface area (Å²) in [4.78, 5) is 16.7. The average molecular weight is 307 g/mol. The number of rotatable bonds is 4. The molecule has 0 unspecified atom stereocenters. The van der Waals surface area contributed by atoms with Crippen LogP contribution in [0.1, 0.15) is 5.56 Å². The second-order valence-corrected chi connectivity index (χ2v) is 5.00. The molecule has 0 aliphatic heterocycles. The number of para-hydroxylation sites is 1. The summed E-state index contributed by atoms with van der Waals surface area (Å²) in [7, 11) is 3.26. The second-order valence-electron chi connectivity index (χ2n) is 5.00. The van der Waals surface area contributed by atoms with E-state index in [1.54, 1.807) is 20.4 Å². The summed E-state index contributed by atoms with van der Waals surface area (Å²) < 4.78 is 6.79. The van der Waals surface area contributed by atoms with Gasteiger partial charge in [-0.15, -0.1) is 0 Å². The fourth-order valence-corrected chi connectivity index (χ4v) is 2.46. The Hall–Kier alpha value is -3.08. The maximum Gasteiger partial charge on any atom is 0.280 e. The predicted molar refractivity (Wildman–Crippen MR) is 91.9 cm³/mol. The van der Waals surface area contributed by atoms with E-state index in [4.69, 9.17) is 4.74 Å². The molecule has 0 amide bonds. The molecule has 1 aromatic heterocycles. The van der Waals surface area contributed by atoms with Gasteiger partial charge in [-0.2, -0.15) is 0 Å². The summed E-state index contributed by atoms with van der Waals surface area (Å²) in [5, 5.41) is 3.18. The minimum absolute atomic E-state index is 0.139. The number of nitrogens with zero attached hydrogens (tertiary/aromatic N) is 2. The van der Waals surface area contributed by atoms with E-state index in [-0.39, 0.29) is 5.56 Å². The lowest BCUT2D eigenvalue weighted by molar-refractivity contribution is 0.415. The van der Waals surface area contributed by atoms with Crippen LogP contribution in [0.25, 0.3) is 16.9 Å². The molecule has 23 heavy (non-hydrogen) atoms. The number of hydrogen-bond acceptors (Lipinski definition) is 3. The predicted octanol–water partition coefficient (Wildman–Crippen LogP) is 2.89. The first kappa shape index (κ1) is 14.8. The number of benzene rings is 2. The van der Waals surface area contributed by atoms with E-state index in [1.165, 1.54) is 4.68 Å². The quantitative estimate of drug-likeness (QED) is 0.753. The van der Waals surface area contributed by atoms with Crippen LogP contribution in [0.15, 0.2) is 64.4 Å². The first-order valence-electron chi connectivity index (χ1n) is 7.21. The molecule has 0 aliphatic rings. The van der Waals surface area contributed by atoms with Gasteiger partial charge in [0.1, 0.15) is 5.75 Å². The Balaban J connectivity index is 2.22. The molecule has 116 valence electrons. The zero-order valence-electron chi connectivity index (χ0n) is 13.0. The summed E-state index contributed by atoms with van der Waals surface area (Å²) in [6, 6.07) is 17.0. The van der Waals surface area contributed by atoms with Gasteiger partial charge in [0.2, 0.25) is 0 Å². The largest absolute Gasteiger partial charge is 0.497 e. The van der Waals surface area contributed by atoms with Crippen LogP contribution < -0.4 is 10.3 Å². The van der Waals surface area contributed by atoms with Crippen LogP contribution in [0.3, 0.4) is 0 Å². The highest BCUT2D eigenvalue weighted by molar-refractivity contribution is 5.88. The summed E-state index contributed by atoms with van der Waals surface area (Å²) in [5.41, 5.74) is 2.73. The Morgan fingerprint density at radius 3 is 2.61 bits per heavy atom. The second kappa shape index (κ2) is 6.36. The van der Waals surface area contributed by atoms with Crippen molar-refractivity contribution >= 4 is 6.21 Å². The van der Waals surface area contributed by atoms with Crippen molar-refractivity contribution in [3.63, 3.8) is 0 Å². The number of methoxy groups -OCH3 is 1. The first-order chi connectivity index (χ1) is 11.2. The Labute approximate surface area is 133 Å². The fourth-order valence-electron chi connectivity index (χ4n) is 2.46. The molecule has 2 aromatic carbocycles. The van der Waals surface area contributed by atoms with E-state index in [0.717, 1.165) is 17.0 Å². The Morgan fingerprint density at radius 2 is 1.91 bits per heavy atom. The highest BCUT2D eigenvalue weighted by atomic mass is 16.5. The Morgan fingerprint density at radius 1 is 1.13 bits per heavy atom. The lowest BCUT2D eigenvalue weighted by Gasteiger charge is -2.04. The normalized spacial score (nSPS) is 11.0.